The third-order valence-electron chi connectivity index (χ3n) is 7.36. The van der Waals surface area contributed by atoms with E-state index in [4.69, 9.17) is 19.4 Å². The molecule has 0 amide bonds. The summed E-state index contributed by atoms with van der Waals surface area (Å²) in [7, 11) is 1.99. The topological polar surface area (TPSA) is 74.8 Å². The zero-order valence-corrected chi connectivity index (χ0v) is 19.9. The lowest BCUT2D eigenvalue weighted by Gasteiger charge is -2.43. The Morgan fingerprint density at radius 3 is 2.52 bits per heavy atom. The molecular weight excluding hydrogens is 416 g/mol. The zero-order chi connectivity index (χ0) is 22.5. The van der Waals surface area contributed by atoms with Crippen molar-refractivity contribution in [2.45, 2.75) is 50.5 Å². The first-order valence-corrected chi connectivity index (χ1v) is 12.6. The van der Waals surface area contributed by atoms with Gasteiger partial charge in [-0.2, -0.15) is 0 Å². The van der Waals surface area contributed by atoms with Crippen molar-refractivity contribution in [2.24, 2.45) is 0 Å². The Hall–Kier alpha value is -1.84. The molecule has 0 atom stereocenters. The number of para-hydroxylation sites is 1. The number of aromatic nitrogens is 2. The summed E-state index contributed by atoms with van der Waals surface area (Å²) in [6, 6.07) is 8.97. The van der Waals surface area contributed by atoms with Crippen LogP contribution in [0.1, 0.15) is 37.9 Å². The molecule has 8 heteroatoms. The number of anilines is 1. The Balaban J connectivity index is 1.16. The lowest BCUT2D eigenvalue weighted by molar-refractivity contribution is -0.184. The van der Waals surface area contributed by atoms with Gasteiger partial charge < -0.3 is 20.1 Å². The number of rotatable bonds is 8. The van der Waals surface area contributed by atoms with Crippen LogP contribution in [0.4, 0.5) is 5.82 Å². The summed E-state index contributed by atoms with van der Waals surface area (Å²) in [5.41, 5.74) is 1.02. The van der Waals surface area contributed by atoms with Gasteiger partial charge >= 0.3 is 0 Å². The second kappa shape index (κ2) is 10.6. The van der Waals surface area contributed by atoms with E-state index < -0.39 is 0 Å². The molecule has 2 saturated heterocycles. The van der Waals surface area contributed by atoms with Crippen LogP contribution >= 0.6 is 0 Å². The largest absolute Gasteiger partial charge is 0.369 e. The van der Waals surface area contributed by atoms with E-state index in [1.807, 2.05) is 7.05 Å². The molecule has 0 radical (unpaired) electrons. The van der Waals surface area contributed by atoms with Crippen molar-refractivity contribution in [3.8, 4) is 0 Å². The Morgan fingerprint density at radius 2 is 1.76 bits per heavy atom. The molecule has 2 N–H and O–H groups in total. The third kappa shape index (κ3) is 5.46. The van der Waals surface area contributed by atoms with Crippen LogP contribution in [0.25, 0.3) is 10.9 Å². The van der Waals surface area contributed by atoms with Crippen LogP contribution in [-0.4, -0.2) is 91.1 Å². The lowest BCUT2D eigenvalue weighted by atomic mass is 9.89. The van der Waals surface area contributed by atoms with Gasteiger partial charge in [-0.15, -0.1) is 0 Å². The van der Waals surface area contributed by atoms with Crippen LogP contribution in [-0.2, 0) is 16.0 Å². The van der Waals surface area contributed by atoms with Crippen LogP contribution in [0.15, 0.2) is 24.3 Å². The first-order valence-electron chi connectivity index (χ1n) is 12.6. The fourth-order valence-electron chi connectivity index (χ4n) is 5.48. The van der Waals surface area contributed by atoms with Gasteiger partial charge in [-0.25, -0.2) is 9.97 Å². The predicted molar refractivity (Wildman–Crippen MR) is 130 cm³/mol. The van der Waals surface area contributed by atoms with E-state index in [1.54, 1.807) is 0 Å². The van der Waals surface area contributed by atoms with Crippen LogP contribution < -0.4 is 10.6 Å². The van der Waals surface area contributed by atoms with Crippen molar-refractivity contribution in [2.75, 3.05) is 64.8 Å². The quantitative estimate of drug-likeness (QED) is 0.590. The first kappa shape index (κ1) is 22.9. The molecule has 1 spiro atoms. The van der Waals surface area contributed by atoms with Gasteiger partial charge in [0, 0.05) is 57.0 Å². The maximum Gasteiger partial charge on any atom is 0.168 e. The van der Waals surface area contributed by atoms with E-state index in [9.17, 15) is 0 Å². The number of nitrogens with zero attached hydrogens (tertiary/aromatic N) is 4. The number of piperazine rings is 1. The molecule has 5 rings (SSSR count). The molecular formula is C25H38N6O2. The minimum Gasteiger partial charge on any atom is -0.369 e. The second-order valence-corrected chi connectivity index (χ2v) is 9.54. The minimum atomic E-state index is -0.259. The molecule has 0 bridgehead atoms. The van der Waals surface area contributed by atoms with Crippen molar-refractivity contribution in [3.63, 3.8) is 0 Å². The normalized spacial score (nSPS) is 22.3. The number of benzene rings is 1. The average Bonchev–Trinajstić information content (AvgIpc) is 3.31. The molecule has 3 heterocycles. The number of nitrogens with one attached hydrogen (secondary N) is 2. The number of hydrogen-bond donors (Lipinski definition) is 2. The molecule has 8 nitrogen and oxygen atoms in total. The molecule has 1 saturated carbocycles. The molecule has 1 aliphatic carbocycles. The molecule has 33 heavy (non-hydrogen) atoms. The summed E-state index contributed by atoms with van der Waals surface area (Å²) in [6.07, 6.45) is 5.49. The highest BCUT2D eigenvalue weighted by Gasteiger charge is 2.41. The van der Waals surface area contributed by atoms with Crippen LogP contribution in [0.3, 0.4) is 0 Å². The predicted octanol–water partition coefficient (Wildman–Crippen LogP) is 2.45. The fraction of sp³-hybridized carbons (Fsp3) is 0.680. The molecule has 3 fully saturated rings. The van der Waals surface area contributed by atoms with Gasteiger partial charge in [0.05, 0.1) is 25.3 Å². The highest BCUT2D eigenvalue weighted by atomic mass is 16.7. The number of fused-ring (bicyclic) bond motifs is 1. The molecule has 180 valence electrons. The van der Waals surface area contributed by atoms with Gasteiger partial charge in [0.2, 0.25) is 0 Å². The number of ether oxygens (including phenoxy) is 2. The van der Waals surface area contributed by atoms with Gasteiger partial charge in [0.25, 0.3) is 0 Å². The summed E-state index contributed by atoms with van der Waals surface area (Å²) < 4.78 is 11.8. The summed E-state index contributed by atoms with van der Waals surface area (Å²) in [4.78, 5) is 15.0. The molecule has 1 aromatic carbocycles. The molecule has 2 aromatic rings. The summed E-state index contributed by atoms with van der Waals surface area (Å²) in [6.45, 7) is 8.57. The van der Waals surface area contributed by atoms with Gasteiger partial charge in [-0.1, -0.05) is 12.1 Å². The monoisotopic (exact) mass is 454 g/mol. The molecule has 1 aromatic heterocycles. The Kier molecular flexibility index (Phi) is 7.37. The van der Waals surface area contributed by atoms with E-state index >= 15 is 0 Å². The lowest BCUT2D eigenvalue weighted by Crippen LogP contribution is -2.52. The Bertz CT molecular complexity index is 901. The Labute approximate surface area is 197 Å². The average molecular weight is 455 g/mol. The standard InChI is InChI=1S/C25H38N6O2/c1-26-11-4-12-27-24-21-5-2-3-6-22(21)28-23(29-24)19-30-13-15-31(16-14-30)20-7-9-25(10-8-20)32-17-18-33-25/h2-3,5-6,20,26H,4,7-19H2,1H3,(H,27,28,29). The van der Waals surface area contributed by atoms with Gasteiger partial charge in [0.15, 0.2) is 5.79 Å². The van der Waals surface area contributed by atoms with Gasteiger partial charge in [-0.3, -0.25) is 9.80 Å². The van der Waals surface area contributed by atoms with Crippen LogP contribution in [0.5, 0.6) is 0 Å². The highest BCUT2D eigenvalue weighted by molar-refractivity contribution is 5.88. The molecule has 3 aliphatic rings. The van der Waals surface area contributed by atoms with E-state index in [0.29, 0.717) is 6.04 Å². The smallest absolute Gasteiger partial charge is 0.168 e. The summed E-state index contributed by atoms with van der Waals surface area (Å²) >= 11 is 0. The Morgan fingerprint density at radius 1 is 1.00 bits per heavy atom. The van der Waals surface area contributed by atoms with Crippen molar-refractivity contribution in [3.05, 3.63) is 30.1 Å². The van der Waals surface area contributed by atoms with E-state index in [1.165, 1.54) is 12.8 Å². The summed E-state index contributed by atoms with van der Waals surface area (Å²) in [5, 5.41) is 7.83. The number of hydrogen-bond acceptors (Lipinski definition) is 8. The van der Waals surface area contributed by atoms with Crippen molar-refractivity contribution in [1.29, 1.82) is 0 Å². The van der Waals surface area contributed by atoms with Gasteiger partial charge in [0.1, 0.15) is 11.6 Å². The minimum absolute atomic E-state index is 0.259. The van der Waals surface area contributed by atoms with Crippen molar-refractivity contribution in [1.82, 2.24) is 25.1 Å². The maximum absolute atomic E-state index is 5.91. The molecule has 2 aliphatic heterocycles. The zero-order valence-electron chi connectivity index (χ0n) is 19.9. The maximum atomic E-state index is 5.91. The van der Waals surface area contributed by atoms with Crippen molar-refractivity contribution >= 4 is 16.7 Å². The van der Waals surface area contributed by atoms with Gasteiger partial charge in [-0.05, 0) is 45.0 Å². The van der Waals surface area contributed by atoms with Crippen LogP contribution in [0.2, 0.25) is 0 Å². The SMILES string of the molecule is CNCCCNc1nc(CN2CCN(C3CCC4(CC3)OCCO4)CC2)nc2ccccc12. The second-order valence-electron chi connectivity index (χ2n) is 9.54. The molecule has 0 unspecified atom stereocenters. The van der Waals surface area contributed by atoms with Crippen molar-refractivity contribution < 1.29 is 9.47 Å². The van der Waals surface area contributed by atoms with E-state index in [2.05, 4.69) is 44.7 Å². The first-order chi connectivity index (χ1) is 16.2. The van der Waals surface area contributed by atoms with E-state index in [-0.39, 0.29) is 5.79 Å². The van der Waals surface area contributed by atoms with E-state index in [0.717, 1.165) is 101 Å². The summed E-state index contributed by atoms with van der Waals surface area (Å²) in [5.74, 6) is 1.61. The van der Waals surface area contributed by atoms with Crippen LogP contribution in [0, 0.1) is 0 Å². The third-order valence-corrected chi connectivity index (χ3v) is 7.36. The fourth-order valence-corrected chi connectivity index (χ4v) is 5.48. The highest BCUT2D eigenvalue weighted by Crippen LogP contribution is 2.37.